The lowest BCUT2D eigenvalue weighted by Crippen LogP contribution is -1.93. The molecule has 0 amide bonds. The Balaban J connectivity index is 2.36. The fourth-order valence-corrected chi connectivity index (χ4v) is 1.76. The molecule has 1 aromatic heterocycles. The number of hydrogen-bond acceptors (Lipinski definition) is 2. The molecule has 16 heavy (non-hydrogen) atoms. The van der Waals surface area contributed by atoms with Gasteiger partial charge in [0.2, 0.25) is 0 Å². The van der Waals surface area contributed by atoms with E-state index in [4.69, 9.17) is 23.2 Å². The van der Waals surface area contributed by atoms with Crippen LogP contribution in [0, 0.1) is 0 Å². The van der Waals surface area contributed by atoms with Crippen molar-refractivity contribution in [3.05, 3.63) is 46.5 Å². The van der Waals surface area contributed by atoms with Crippen LogP contribution < -0.4 is 0 Å². The Bertz CT molecular complexity index is 518. The quantitative estimate of drug-likeness (QED) is 0.819. The molecule has 3 nitrogen and oxygen atoms in total. The highest BCUT2D eigenvalue weighted by molar-refractivity contribution is 6.35. The van der Waals surface area contributed by atoms with Gasteiger partial charge < -0.3 is 0 Å². The molecule has 1 heterocycles. The van der Waals surface area contributed by atoms with E-state index in [0.29, 0.717) is 10.0 Å². The van der Waals surface area contributed by atoms with Crippen molar-refractivity contribution in [2.24, 2.45) is 0 Å². The van der Waals surface area contributed by atoms with Crippen LogP contribution in [0.25, 0.3) is 11.8 Å². The van der Waals surface area contributed by atoms with Crippen LogP contribution in [-0.4, -0.2) is 14.8 Å². The Morgan fingerprint density at radius 1 is 1.38 bits per heavy atom. The topological polar surface area (TPSA) is 30.7 Å². The van der Waals surface area contributed by atoms with Crippen LogP contribution in [0.2, 0.25) is 10.0 Å². The normalized spacial score (nSPS) is 11.8. The second-order valence-corrected chi connectivity index (χ2v) is 4.14. The second-order valence-electron chi connectivity index (χ2n) is 3.29. The van der Waals surface area contributed by atoms with Crippen molar-refractivity contribution in [2.75, 3.05) is 0 Å². The first-order valence-electron chi connectivity index (χ1n) is 4.65. The third-order valence-corrected chi connectivity index (χ3v) is 2.67. The van der Waals surface area contributed by atoms with Gasteiger partial charge >= 0.3 is 0 Å². The SMILES string of the molecule is C/C(=C\c1ccc(Cl)cc1Cl)n1cncn1. The molecule has 0 aliphatic carbocycles. The third-order valence-electron chi connectivity index (χ3n) is 2.11. The van der Waals surface area contributed by atoms with Crippen LogP contribution in [-0.2, 0) is 0 Å². The van der Waals surface area contributed by atoms with E-state index in [0.717, 1.165) is 11.3 Å². The minimum atomic E-state index is 0.618. The van der Waals surface area contributed by atoms with Gasteiger partial charge in [-0.2, -0.15) is 5.10 Å². The van der Waals surface area contributed by atoms with Crippen LogP contribution in [0.1, 0.15) is 12.5 Å². The Kier molecular flexibility index (Phi) is 3.27. The summed E-state index contributed by atoms with van der Waals surface area (Å²) in [4.78, 5) is 3.88. The van der Waals surface area contributed by atoms with Gasteiger partial charge in [0.15, 0.2) is 0 Å². The van der Waals surface area contributed by atoms with Gasteiger partial charge in [-0.15, -0.1) is 0 Å². The molecule has 0 atom stereocenters. The zero-order valence-corrected chi connectivity index (χ0v) is 10.1. The van der Waals surface area contributed by atoms with E-state index in [1.54, 1.807) is 23.1 Å². The van der Waals surface area contributed by atoms with Crippen LogP contribution in [0.4, 0.5) is 0 Å². The van der Waals surface area contributed by atoms with Gasteiger partial charge in [0, 0.05) is 15.7 Å². The molecule has 1 aromatic carbocycles. The largest absolute Gasteiger partial charge is 0.225 e. The van der Waals surface area contributed by atoms with E-state index in [1.165, 1.54) is 6.33 Å². The maximum atomic E-state index is 6.06. The van der Waals surface area contributed by atoms with Gasteiger partial charge in [0.1, 0.15) is 12.7 Å². The number of halogens is 2. The molecule has 0 N–H and O–H groups in total. The van der Waals surface area contributed by atoms with Crippen LogP contribution >= 0.6 is 23.2 Å². The molecule has 82 valence electrons. The predicted molar refractivity (Wildman–Crippen MR) is 66.3 cm³/mol. The molecule has 0 saturated carbocycles. The summed E-state index contributed by atoms with van der Waals surface area (Å²) >= 11 is 11.9. The summed E-state index contributed by atoms with van der Waals surface area (Å²) in [5, 5.41) is 5.27. The molecule has 2 aromatic rings. The molecule has 0 bridgehead atoms. The van der Waals surface area contributed by atoms with E-state index >= 15 is 0 Å². The van der Waals surface area contributed by atoms with Gasteiger partial charge in [-0.3, -0.25) is 0 Å². The van der Waals surface area contributed by atoms with Crippen LogP contribution in [0.15, 0.2) is 30.9 Å². The minimum absolute atomic E-state index is 0.618. The first-order chi connectivity index (χ1) is 7.66. The summed E-state index contributed by atoms with van der Waals surface area (Å²) in [5.74, 6) is 0. The number of allylic oxidation sites excluding steroid dienone is 1. The summed E-state index contributed by atoms with van der Waals surface area (Å²) in [6, 6.07) is 5.38. The second kappa shape index (κ2) is 4.68. The molecule has 0 aliphatic rings. The average molecular weight is 254 g/mol. The number of benzene rings is 1. The molecule has 0 unspecified atom stereocenters. The van der Waals surface area contributed by atoms with Crippen molar-refractivity contribution in [2.45, 2.75) is 6.92 Å². The maximum absolute atomic E-state index is 6.06. The fraction of sp³-hybridized carbons (Fsp3) is 0.0909. The molecule has 0 spiro atoms. The maximum Gasteiger partial charge on any atom is 0.138 e. The Labute approximate surface area is 103 Å². The van der Waals surface area contributed by atoms with Gasteiger partial charge in [0.25, 0.3) is 0 Å². The van der Waals surface area contributed by atoms with Gasteiger partial charge in [-0.1, -0.05) is 29.3 Å². The predicted octanol–water partition coefficient (Wildman–Crippen LogP) is 3.60. The molecular formula is C11H9Cl2N3. The lowest BCUT2D eigenvalue weighted by Gasteiger charge is -2.02. The highest BCUT2D eigenvalue weighted by atomic mass is 35.5. The van der Waals surface area contributed by atoms with Crippen LogP contribution in [0.3, 0.4) is 0 Å². The van der Waals surface area contributed by atoms with E-state index in [1.807, 2.05) is 19.1 Å². The summed E-state index contributed by atoms with van der Waals surface area (Å²) < 4.78 is 1.67. The zero-order valence-electron chi connectivity index (χ0n) is 8.56. The molecule has 2 rings (SSSR count). The van der Waals surface area contributed by atoms with E-state index < -0.39 is 0 Å². The smallest absolute Gasteiger partial charge is 0.138 e. The summed E-state index contributed by atoms with van der Waals surface area (Å²) in [6.07, 6.45) is 5.05. The van der Waals surface area contributed by atoms with Gasteiger partial charge in [-0.25, -0.2) is 9.67 Å². The number of rotatable bonds is 2. The average Bonchev–Trinajstić information content (AvgIpc) is 2.75. The number of hydrogen-bond donors (Lipinski definition) is 0. The lowest BCUT2D eigenvalue weighted by molar-refractivity contribution is 0.898. The molecule has 5 heteroatoms. The standard InChI is InChI=1S/C11H9Cl2N3/c1-8(16-7-14-6-15-16)4-9-2-3-10(12)5-11(9)13/h2-7H,1H3/b8-4+. The first kappa shape index (κ1) is 11.2. The van der Waals surface area contributed by atoms with E-state index in [2.05, 4.69) is 10.1 Å². The van der Waals surface area contributed by atoms with Crippen molar-refractivity contribution in [3.63, 3.8) is 0 Å². The van der Waals surface area contributed by atoms with Crippen molar-refractivity contribution >= 4 is 35.0 Å². The lowest BCUT2D eigenvalue weighted by atomic mass is 10.2. The molecule has 0 radical (unpaired) electrons. The zero-order chi connectivity index (χ0) is 11.5. The van der Waals surface area contributed by atoms with Crippen molar-refractivity contribution < 1.29 is 0 Å². The Morgan fingerprint density at radius 2 is 2.19 bits per heavy atom. The first-order valence-corrected chi connectivity index (χ1v) is 5.41. The molecule has 0 aliphatic heterocycles. The van der Waals surface area contributed by atoms with Gasteiger partial charge in [-0.05, 0) is 30.7 Å². The van der Waals surface area contributed by atoms with Gasteiger partial charge in [0.05, 0.1) is 0 Å². The summed E-state index contributed by atoms with van der Waals surface area (Å²) in [6.45, 7) is 1.93. The molecule has 0 fully saturated rings. The van der Waals surface area contributed by atoms with Crippen molar-refractivity contribution in [1.82, 2.24) is 14.8 Å². The Hall–Kier alpha value is -1.32. The van der Waals surface area contributed by atoms with E-state index in [9.17, 15) is 0 Å². The molecular weight excluding hydrogens is 245 g/mol. The molecule has 0 saturated heterocycles. The number of nitrogens with zero attached hydrogens (tertiary/aromatic N) is 3. The highest BCUT2D eigenvalue weighted by Crippen LogP contribution is 2.23. The summed E-state index contributed by atoms with van der Waals surface area (Å²) in [7, 11) is 0. The highest BCUT2D eigenvalue weighted by Gasteiger charge is 2.00. The van der Waals surface area contributed by atoms with Crippen LogP contribution in [0.5, 0.6) is 0 Å². The third kappa shape index (κ3) is 2.43. The Morgan fingerprint density at radius 3 is 2.81 bits per heavy atom. The number of aromatic nitrogens is 3. The summed E-state index contributed by atoms with van der Waals surface area (Å²) in [5.41, 5.74) is 1.83. The fourth-order valence-electron chi connectivity index (χ4n) is 1.30. The van der Waals surface area contributed by atoms with Crippen molar-refractivity contribution in [3.8, 4) is 0 Å². The van der Waals surface area contributed by atoms with Crippen molar-refractivity contribution in [1.29, 1.82) is 0 Å². The minimum Gasteiger partial charge on any atom is -0.225 e. The monoisotopic (exact) mass is 253 g/mol. The van der Waals surface area contributed by atoms with E-state index in [-0.39, 0.29) is 0 Å².